The van der Waals surface area contributed by atoms with Gasteiger partial charge in [0.15, 0.2) is 11.6 Å². The lowest BCUT2D eigenvalue weighted by molar-refractivity contribution is 0.496. The van der Waals surface area contributed by atoms with Crippen LogP contribution in [0, 0.1) is 30.2 Å². The molecule has 0 heterocycles. The molecular formula is C15H13F4N. The number of rotatable bonds is 3. The Morgan fingerprint density at radius 1 is 0.950 bits per heavy atom. The van der Waals surface area contributed by atoms with Gasteiger partial charge in [0.1, 0.15) is 11.6 Å². The van der Waals surface area contributed by atoms with Crippen LogP contribution < -0.4 is 5.32 Å². The standard InChI is InChI=1S/C15H13F4N/c1-8-3-4-10(5-12(8)17)9(2)20-14-7-11(16)6-13(18)15(14)19/h3-7,9,20H,1-2H3. The van der Waals surface area contributed by atoms with Crippen LogP contribution in [0.1, 0.15) is 24.1 Å². The Morgan fingerprint density at radius 3 is 2.30 bits per heavy atom. The van der Waals surface area contributed by atoms with Gasteiger partial charge in [0.05, 0.1) is 5.69 Å². The summed E-state index contributed by atoms with van der Waals surface area (Å²) in [6.45, 7) is 3.27. The lowest BCUT2D eigenvalue weighted by Gasteiger charge is -2.17. The molecule has 5 heteroatoms. The first-order chi connectivity index (χ1) is 9.38. The van der Waals surface area contributed by atoms with E-state index >= 15 is 0 Å². The molecular weight excluding hydrogens is 270 g/mol. The van der Waals surface area contributed by atoms with Crippen LogP contribution in [-0.4, -0.2) is 0 Å². The van der Waals surface area contributed by atoms with Crippen molar-refractivity contribution < 1.29 is 17.6 Å². The summed E-state index contributed by atoms with van der Waals surface area (Å²) in [5.74, 6) is -3.70. The number of aryl methyl sites for hydroxylation is 1. The maximum absolute atomic E-state index is 13.5. The summed E-state index contributed by atoms with van der Waals surface area (Å²) in [5, 5.41) is 2.63. The van der Waals surface area contributed by atoms with Crippen molar-refractivity contribution in [1.29, 1.82) is 0 Å². The second-order valence-electron chi connectivity index (χ2n) is 4.62. The minimum Gasteiger partial charge on any atom is -0.376 e. The van der Waals surface area contributed by atoms with Crippen molar-refractivity contribution in [1.82, 2.24) is 0 Å². The van der Waals surface area contributed by atoms with Crippen LogP contribution in [0.25, 0.3) is 0 Å². The Morgan fingerprint density at radius 2 is 1.65 bits per heavy atom. The molecule has 0 fully saturated rings. The van der Waals surface area contributed by atoms with E-state index < -0.39 is 23.5 Å². The minimum atomic E-state index is -1.27. The minimum absolute atomic E-state index is 0.295. The molecule has 0 saturated heterocycles. The highest BCUT2D eigenvalue weighted by atomic mass is 19.2. The van der Waals surface area contributed by atoms with Crippen LogP contribution in [0.5, 0.6) is 0 Å². The predicted molar refractivity (Wildman–Crippen MR) is 69.5 cm³/mol. The van der Waals surface area contributed by atoms with Crippen LogP contribution in [-0.2, 0) is 0 Å². The summed E-state index contributed by atoms with van der Waals surface area (Å²) in [6.07, 6.45) is 0. The van der Waals surface area contributed by atoms with E-state index in [-0.39, 0.29) is 11.5 Å². The molecule has 0 saturated carbocycles. The largest absolute Gasteiger partial charge is 0.376 e. The lowest BCUT2D eigenvalue weighted by atomic mass is 10.1. The van der Waals surface area contributed by atoms with Gasteiger partial charge in [0.2, 0.25) is 0 Å². The number of hydrogen-bond donors (Lipinski definition) is 1. The molecule has 1 N–H and O–H groups in total. The van der Waals surface area contributed by atoms with Gasteiger partial charge in [-0.2, -0.15) is 0 Å². The van der Waals surface area contributed by atoms with Gasteiger partial charge in [-0.05, 0) is 31.0 Å². The van der Waals surface area contributed by atoms with Crippen LogP contribution in [0.4, 0.5) is 23.2 Å². The van der Waals surface area contributed by atoms with E-state index in [4.69, 9.17) is 0 Å². The third kappa shape index (κ3) is 2.92. The number of nitrogens with one attached hydrogen (secondary N) is 1. The normalized spacial score (nSPS) is 12.3. The molecule has 0 bridgehead atoms. The van der Waals surface area contributed by atoms with Crippen molar-refractivity contribution in [2.75, 3.05) is 5.32 Å². The molecule has 1 nitrogen and oxygen atoms in total. The van der Waals surface area contributed by atoms with Gasteiger partial charge in [-0.25, -0.2) is 17.6 Å². The van der Waals surface area contributed by atoms with Gasteiger partial charge < -0.3 is 5.32 Å². The van der Waals surface area contributed by atoms with Crippen molar-refractivity contribution >= 4 is 5.69 Å². The molecule has 1 unspecified atom stereocenters. The monoisotopic (exact) mass is 283 g/mol. The number of hydrogen-bond acceptors (Lipinski definition) is 1. The van der Waals surface area contributed by atoms with Gasteiger partial charge in [-0.3, -0.25) is 0 Å². The van der Waals surface area contributed by atoms with Crippen molar-refractivity contribution in [3.05, 3.63) is 64.7 Å². The van der Waals surface area contributed by atoms with Gasteiger partial charge in [0, 0.05) is 18.2 Å². The molecule has 0 radical (unpaired) electrons. The summed E-state index contributed by atoms with van der Waals surface area (Å²) in [7, 11) is 0. The smallest absolute Gasteiger partial charge is 0.182 e. The third-order valence-electron chi connectivity index (χ3n) is 3.06. The first-order valence-electron chi connectivity index (χ1n) is 6.05. The van der Waals surface area contributed by atoms with Crippen LogP contribution >= 0.6 is 0 Å². The first kappa shape index (κ1) is 14.4. The van der Waals surface area contributed by atoms with Crippen LogP contribution in [0.3, 0.4) is 0 Å². The predicted octanol–water partition coefficient (Wildman–Crippen LogP) is 4.72. The summed E-state index contributed by atoms with van der Waals surface area (Å²) < 4.78 is 53.2. The second kappa shape index (κ2) is 5.53. The van der Waals surface area contributed by atoms with Gasteiger partial charge >= 0.3 is 0 Å². The van der Waals surface area contributed by atoms with E-state index in [0.29, 0.717) is 17.2 Å². The molecule has 2 aromatic carbocycles. The van der Waals surface area contributed by atoms with Gasteiger partial charge in [0.25, 0.3) is 0 Å². The molecule has 2 rings (SSSR count). The van der Waals surface area contributed by atoms with Gasteiger partial charge in [-0.1, -0.05) is 12.1 Å². The Hall–Kier alpha value is -2.04. The van der Waals surface area contributed by atoms with Crippen molar-refractivity contribution in [2.24, 2.45) is 0 Å². The van der Waals surface area contributed by atoms with Crippen molar-refractivity contribution in [3.63, 3.8) is 0 Å². The Kier molecular flexibility index (Phi) is 3.97. The summed E-state index contributed by atoms with van der Waals surface area (Å²) in [5.41, 5.74) is 0.747. The van der Waals surface area contributed by atoms with Crippen LogP contribution in [0.2, 0.25) is 0 Å². The Labute approximate surface area is 114 Å². The topological polar surface area (TPSA) is 12.0 Å². The average Bonchev–Trinajstić information content (AvgIpc) is 2.38. The zero-order valence-corrected chi connectivity index (χ0v) is 11.0. The van der Waals surface area contributed by atoms with E-state index in [1.54, 1.807) is 26.0 Å². The summed E-state index contributed by atoms with van der Waals surface area (Å²) in [6, 6.07) is 5.40. The SMILES string of the molecule is Cc1ccc(C(C)Nc2cc(F)cc(F)c2F)cc1F. The fourth-order valence-electron chi connectivity index (χ4n) is 1.86. The molecule has 0 aliphatic heterocycles. The number of benzene rings is 2. The molecule has 2 aromatic rings. The molecule has 20 heavy (non-hydrogen) atoms. The zero-order valence-electron chi connectivity index (χ0n) is 11.0. The number of anilines is 1. The Bertz CT molecular complexity index is 640. The quantitative estimate of drug-likeness (QED) is 0.634. The van der Waals surface area contributed by atoms with E-state index in [1.165, 1.54) is 6.07 Å². The average molecular weight is 283 g/mol. The maximum Gasteiger partial charge on any atom is 0.182 e. The van der Waals surface area contributed by atoms with E-state index in [0.717, 1.165) is 6.07 Å². The highest BCUT2D eigenvalue weighted by molar-refractivity contribution is 5.47. The zero-order chi connectivity index (χ0) is 14.9. The van der Waals surface area contributed by atoms with Crippen molar-refractivity contribution in [2.45, 2.75) is 19.9 Å². The van der Waals surface area contributed by atoms with E-state index in [9.17, 15) is 17.6 Å². The summed E-state index contributed by atoms with van der Waals surface area (Å²) in [4.78, 5) is 0. The first-order valence-corrected chi connectivity index (χ1v) is 6.05. The molecule has 106 valence electrons. The second-order valence-corrected chi connectivity index (χ2v) is 4.62. The molecule has 1 atom stereocenters. The Balaban J connectivity index is 2.27. The van der Waals surface area contributed by atoms with E-state index in [1.807, 2.05) is 0 Å². The molecule has 0 aromatic heterocycles. The molecule has 0 amide bonds. The van der Waals surface area contributed by atoms with Crippen LogP contribution in [0.15, 0.2) is 30.3 Å². The maximum atomic E-state index is 13.5. The fourth-order valence-corrected chi connectivity index (χ4v) is 1.86. The highest BCUT2D eigenvalue weighted by Crippen LogP contribution is 2.25. The fraction of sp³-hybridized carbons (Fsp3) is 0.200. The van der Waals surface area contributed by atoms with E-state index in [2.05, 4.69) is 5.32 Å². The molecule has 0 spiro atoms. The summed E-state index contributed by atoms with van der Waals surface area (Å²) >= 11 is 0. The third-order valence-corrected chi connectivity index (χ3v) is 3.06. The highest BCUT2D eigenvalue weighted by Gasteiger charge is 2.14. The van der Waals surface area contributed by atoms with Crippen molar-refractivity contribution in [3.8, 4) is 0 Å². The lowest BCUT2D eigenvalue weighted by Crippen LogP contribution is -2.09. The molecule has 0 aliphatic carbocycles. The van der Waals surface area contributed by atoms with Gasteiger partial charge in [-0.15, -0.1) is 0 Å². The number of halogens is 4. The molecule has 0 aliphatic rings.